The summed E-state index contributed by atoms with van der Waals surface area (Å²) in [5.74, 6) is 3.01. The average Bonchev–Trinajstić information content (AvgIpc) is 3.40. The smallest absolute Gasteiger partial charge is 0.410 e. The minimum absolute atomic E-state index is 0.0108. The van der Waals surface area contributed by atoms with E-state index in [-0.39, 0.29) is 12.1 Å². The van der Waals surface area contributed by atoms with E-state index in [1.807, 2.05) is 81.5 Å². The molecule has 0 saturated carbocycles. The zero-order valence-corrected chi connectivity index (χ0v) is 23.1. The number of ether oxygens (including phenoxy) is 4. The van der Waals surface area contributed by atoms with Crippen LogP contribution in [0.15, 0.2) is 54.7 Å². The highest BCUT2D eigenvalue weighted by Gasteiger charge is 2.32. The molecule has 1 aromatic heterocycles. The Balaban J connectivity index is 1.52. The van der Waals surface area contributed by atoms with Gasteiger partial charge in [0, 0.05) is 13.1 Å². The minimum Gasteiger partial charge on any atom is -0.497 e. The van der Waals surface area contributed by atoms with Gasteiger partial charge in [-0.2, -0.15) is 4.98 Å². The molecule has 1 amide bonds. The van der Waals surface area contributed by atoms with Gasteiger partial charge in [0.05, 0.1) is 26.5 Å². The van der Waals surface area contributed by atoms with Gasteiger partial charge in [-0.15, -0.1) is 0 Å². The molecule has 9 nitrogen and oxygen atoms in total. The largest absolute Gasteiger partial charge is 0.497 e. The third-order valence-electron chi connectivity index (χ3n) is 6.12. The number of anilines is 1. The normalized spacial score (nSPS) is 15.3. The molecule has 0 aliphatic carbocycles. The van der Waals surface area contributed by atoms with Crippen LogP contribution in [0.4, 0.5) is 10.5 Å². The van der Waals surface area contributed by atoms with Crippen molar-refractivity contribution in [2.75, 3.05) is 32.6 Å². The fourth-order valence-electron chi connectivity index (χ4n) is 4.14. The maximum Gasteiger partial charge on any atom is 0.410 e. The van der Waals surface area contributed by atoms with Crippen LogP contribution in [0, 0.1) is 0 Å². The molecular weight excluding hydrogens is 496 g/mol. The first kappa shape index (κ1) is 27.8. The molecule has 2 heterocycles. The number of carbonyl (C=O) groups excluding carboxylic acids is 1. The molecule has 3 aromatic rings. The number of nitrogens with zero attached hydrogens (tertiary/aromatic N) is 3. The highest BCUT2D eigenvalue weighted by atomic mass is 16.6. The average molecular weight is 533 g/mol. The van der Waals surface area contributed by atoms with Crippen molar-refractivity contribution < 1.29 is 23.7 Å². The molecule has 0 radical (unpaired) electrons. The summed E-state index contributed by atoms with van der Waals surface area (Å²) in [6, 6.07) is 15.0. The Labute approximate surface area is 229 Å². The third-order valence-corrected chi connectivity index (χ3v) is 6.12. The van der Waals surface area contributed by atoms with Crippen LogP contribution in [0.5, 0.6) is 23.1 Å². The molecule has 4 rings (SSSR count). The van der Waals surface area contributed by atoms with Gasteiger partial charge in [0.2, 0.25) is 5.88 Å². The lowest BCUT2D eigenvalue weighted by molar-refractivity contribution is 0.0235. The first-order chi connectivity index (χ1) is 18.7. The summed E-state index contributed by atoms with van der Waals surface area (Å²) in [4.78, 5) is 23.7. The number of rotatable bonds is 9. The Morgan fingerprint density at radius 3 is 2.28 bits per heavy atom. The van der Waals surface area contributed by atoms with Gasteiger partial charge in [-0.3, -0.25) is 0 Å². The Hall–Kier alpha value is -4.27. The van der Waals surface area contributed by atoms with Gasteiger partial charge in [-0.25, -0.2) is 9.78 Å². The maximum atomic E-state index is 12.7. The second-order valence-corrected chi connectivity index (χ2v) is 10.2. The van der Waals surface area contributed by atoms with Crippen LogP contribution in [0.2, 0.25) is 0 Å². The SMILES string of the molecule is COc1ccc(C=Cc2ncc(NC[C@@H]3CCCN3C(=O)OC(C)(C)C)c(Oc3ccc(OC)cc3)n2)cc1. The summed E-state index contributed by atoms with van der Waals surface area (Å²) in [5, 5.41) is 3.40. The zero-order valence-electron chi connectivity index (χ0n) is 23.1. The van der Waals surface area contributed by atoms with Gasteiger partial charge in [-0.1, -0.05) is 18.2 Å². The number of aromatic nitrogens is 2. The van der Waals surface area contributed by atoms with Crippen molar-refractivity contribution in [2.45, 2.75) is 45.3 Å². The highest BCUT2D eigenvalue weighted by molar-refractivity contribution is 5.69. The summed E-state index contributed by atoms with van der Waals surface area (Å²) in [6.07, 6.45) is 6.96. The summed E-state index contributed by atoms with van der Waals surface area (Å²) >= 11 is 0. The van der Waals surface area contributed by atoms with Crippen molar-refractivity contribution in [3.63, 3.8) is 0 Å². The molecular formula is C30H36N4O5. The van der Waals surface area contributed by atoms with Gasteiger partial charge in [0.15, 0.2) is 5.82 Å². The molecule has 1 fully saturated rings. The van der Waals surface area contributed by atoms with Crippen molar-refractivity contribution in [1.29, 1.82) is 0 Å². The monoisotopic (exact) mass is 532 g/mol. The number of hydrogen-bond donors (Lipinski definition) is 1. The number of amides is 1. The van der Waals surface area contributed by atoms with E-state index in [0.29, 0.717) is 36.2 Å². The van der Waals surface area contributed by atoms with Gasteiger partial charge in [0.1, 0.15) is 28.5 Å². The molecule has 1 saturated heterocycles. The number of methoxy groups -OCH3 is 2. The van der Waals surface area contributed by atoms with Crippen LogP contribution < -0.4 is 19.5 Å². The number of benzene rings is 2. The van der Waals surface area contributed by atoms with Crippen LogP contribution in [0.25, 0.3) is 12.2 Å². The fourth-order valence-corrected chi connectivity index (χ4v) is 4.14. The molecule has 39 heavy (non-hydrogen) atoms. The molecule has 206 valence electrons. The molecule has 0 bridgehead atoms. The van der Waals surface area contributed by atoms with Gasteiger partial charge >= 0.3 is 6.09 Å². The lowest BCUT2D eigenvalue weighted by Gasteiger charge is -2.29. The van der Waals surface area contributed by atoms with Crippen LogP contribution >= 0.6 is 0 Å². The number of likely N-dealkylation sites (tertiary alicyclic amines) is 1. The van der Waals surface area contributed by atoms with E-state index in [9.17, 15) is 4.79 Å². The topological polar surface area (TPSA) is 95.0 Å². The second kappa shape index (κ2) is 12.5. The lowest BCUT2D eigenvalue weighted by atomic mass is 10.2. The van der Waals surface area contributed by atoms with E-state index >= 15 is 0 Å². The molecule has 0 unspecified atom stereocenters. The predicted molar refractivity (Wildman–Crippen MR) is 151 cm³/mol. The van der Waals surface area contributed by atoms with Crippen LogP contribution in [0.3, 0.4) is 0 Å². The van der Waals surface area contributed by atoms with Gasteiger partial charge in [0.25, 0.3) is 0 Å². The Kier molecular flexibility index (Phi) is 8.91. The number of carbonyl (C=O) groups is 1. The molecule has 9 heteroatoms. The molecule has 1 atom stereocenters. The minimum atomic E-state index is -0.542. The van der Waals surface area contributed by atoms with E-state index in [1.54, 1.807) is 25.3 Å². The number of hydrogen-bond acceptors (Lipinski definition) is 8. The van der Waals surface area contributed by atoms with E-state index in [1.165, 1.54) is 0 Å². The Morgan fingerprint density at radius 2 is 1.64 bits per heavy atom. The van der Waals surface area contributed by atoms with Crippen LogP contribution in [0.1, 0.15) is 45.0 Å². The van der Waals surface area contributed by atoms with Crippen molar-refractivity contribution in [1.82, 2.24) is 14.9 Å². The fraction of sp³-hybridized carbons (Fsp3) is 0.367. The van der Waals surface area contributed by atoms with Crippen LogP contribution in [-0.2, 0) is 4.74 Å². The number of nitrogens with one attached hydrogen (secondary N) is 1. The zero-order chi connectivity index (χ0) is 27.8. The first-order valence-electron chi connectivity index (χ1n) is 13.0. The van der Waals surface area contributed by atoms with E-state index in [2.05, 4.69) is 15.3 Å². The lowest BCUT2D eigenvalue weighted by Crippen LogP contribution is -2.42. The standard InChI is InChI=1S/C30H36N4O5/c1-30(2,3)39-29(35)34-18-6-7-22(34)19-31-26-20-32-27(17-10-21-8-11-23(36-4)12-9-21)33-28(26)38-25-15-13-24(37-5)14-16-25/h8-17,20,22,31H,6-7,18-19H2,1-5H3/t22-/m0/s1. The van der Waals surface area contributed by atoms with Crippen molar-refractivity contribution in [2.24, 2.45) is 0 Å². The molecule has 0 spiro atoms. The first-order valence-corrected chi connectivity index (χ1v) is 13.0. The third kappa shape index (κ3) is 7.86. The summed E-state index contributed by atoms with van der Waals surface area (Å²) in [7, 11) is 3.26. The molecule has 2 aromatic carbocycles. The molecule has 1 N–H and O–H groups in total. The van der Waals surface area contributed by atoms with Gasteiger partial charge in [-0.05, 0) is 81.7 Å². The molecule has 1 aliphatic rings. The van der Waals surface area contributed by atoms with Crippen LogP contribution in [-0.4, -0.2) is 59.9 Å². The Bertz CT molecular complexity index is 1270. The quantitative estimate of drug-likeness (QED) is 0.345. The summed E-state index contributed by atoms with van der Waals surface area (Å²) in [6.45, 7) is 6.81. The summed E-state index contributed by atoms with van der Waals surface area (Å²) < 4.78 is 22.2. The second-order valence-electron chi connectivity index (χ2n) is 10.2. The highest BCUT2D eigenvalue weighted by Crippen LogP contribution is 2.30. The predicted octanol–water partition coefficient (Wildman–Crippen LogP) is 6.27. The molecule has 1 aliphatic heterocycles. The van der Waals surface area contributed by atoms with E-state index < -0.39 is 5.60 Å². The van der Waals surface area contributed by atoms with Crippen molar-refractivity contribution in [3.8, 4) is 23.1 Å². The van der Waals surface area contributed by atoms with E-state index in [0.717, 1.165) is 29.9 Å². The Morgan fingerprint density at radius 1 is 1.00 bits per heavy atom. The summed E-state index contributed by atoms with van der Waals surface area (Å²) in [5.41, 5.74) is 1.08. The van der Waals surface area contributed by atoms with Crippen molar-refractivity contribution >= 4 is 23.9 Å². The van der Waals surface area contributed by atoms with E-state index in [4.69, 9.17) is 18.9 Å². The maximum absolute atomic E-state index is 12.7. The van der Waals surface area contributed by atoms with Gasteiger partial charge < -0.3 is 29.2 Å². The van der Waals surface area contributed by atoms with Crippen molar-refractivity contribution in [3.05, 3.63) is 66.1 Å².